The van der Waals surface area contributed by atoms with Crippen LogP contribution in [0.4, 0.5) is 4.79 Å². The molecule has 0 aliphatic carbocycles. The van der Waals surface area contributed by atoms with Crippen molar-refractivity contribution in [3.63, 3.8) is 0 Å². The molecule has 0 bridgehead atoms. The SMILES string of the molecule is CNC(=O)NCN=c1ccccn1Cc1ccc(Cl)nc1. The Labute approximate surface area is 127 Å². The lowest BCUT2D eigenvalue weighted by Crippen LogP contribution is -2.34. The van der Waals surface area contributed by atoms with Crippen LogP contribution in [0.15, 0.2) is 47.7 Å². The van der Waals surface area contributed by atoms with Crippen LogP contribution in [0.2, 0.25) is 5.15 Å². The van der Waals surface area contributed by atoms with E-state index in [1.54, 1.807) is 19.3 Å². The maximum atomic E-state index is 11.1. The van der Waals surface area contributed by atoms with Gasteiger partial charge >= 0.3 is 6.03 Å². The first-order valence-corrected chi connectivity index (χ1v) is 6.79. The van der Waals surface area contributed by atoms with Crippen molar-refractivity contribution >= 4 is 17.6 Å². The van der Waals surface area contributed by atoms with Crippen LogP contribution in [0.3, 0.4) is 0 Å². The molecule has 21 heavy (non-hydrogen) atoms. The Balaban J connectivity index is 2.14. The third kappa shape index (κ3) is 4.61. The second-order valence-electron chi connectivity index (χ2n) is 4.25. The van der Waals surface area contributed by atoms with Crippen molar-refractivity contribution in [3.05, 3.63) is 58.9 Å². The van der Waals surface area contributed by atoms with Gasteiger partial charge in [0.05, 0.1) is 6.54 Å². The predicted octanol–water partition coefficient (Wildman–Crippen LogP) is 1.37. The largest absolute Gasteiger partial charge is 0.341 e. The van der Waals surface area contributed by atoms with Crippen LogP contribution in [0.1, 0.15) is 5.56 Å². The summed E-state index contributed by atoms with van der Waals surface area (Å²) in [5.41, 5.74) is 1.79. The van der Waals surface area contributed by atoms with Gasteiger partial charge in [-0.2, -0.15) is 0 Å². The number of amides is 2. The molecule has 0 unspecified atom stereocenters. The van der Waals surface area contributed by atoms with Gasteiger partial charge in [0.15, 0.2) is 0 Å². The molecule has 0 saturated heterocycles. The minimum absolute atomic E-state index is 0.211. The zero-order valence-corrected chi connectivity index (χ0v) is 12.3. The summed E-state index contributed by atoms with van der Waals surface area (Å²) in [7, 11) is 1.56. The summed E-state index contributed by atoms with van der Waals surface area (Å²) in [5, 5.41) is 5.56. The first-order chi connectivity index (χ1) is 10.2. The minimum atomic E-state index is -0.261. The second-order valence-corrected chi connectivity index (χ2v) is 4.64. The van der Waals surface area contributed by atoms with Gasteiger partial charge in [-0.3, -0.25) is 0 Å². The van der Waals surface area contributed by atoms with Crippen molar-refractivity contribution in [2.24, 2.45) is 4.99 Å². The van der Waals surface area contributed by atoms with E-state index in [-0.39, 0.29) is 12.7 Å². The molecule has 0 radical (unpaired) electrons. The smallest absolute Gasteiger partial charge is 0.315 e. The lowest BCUT2D eigenvalue weighted by Gasteiger charge is -2.07. The molecule has 2 amide bonds. The Kier molecular flexibility index (Phi) is 5.34. The van der Waals surface area contributed by atoms with Gasteiger partial charge in [0.1, 0.15) is 17.3 Å². The average molecular weight is 306 g/mol. The van der Waals surface area contributed by atoms with Crippen LogP contribution in [0, 0.1) is 0 Å². The fourth-order valence-electron chi connectivity index (χ4n) is 1.72. The van der Waals surface area contributed by atoms with Crippen LogP contribution in [0.25, 0.3) is 0 Å². The first-order valence-electron chi connectivity index (χ1n) is 6.41. The Morgan fingerprint density at radius 3 is 2.95 bits per heavy atom. The summed E-state index contributed by atoms with van der Waals surface area (Å²) in [6, 6.07) is 9.12. The summed E-state index contributed by atoms with van der Waals surface area (Å²) < 4.78 is 1.97. The number of nitrogens with one attached hydrogen (secondary N) is 2. The molecule has 0 fully saturated rings. The molecule has 2 heterocycles. The van der Waals surface area contributed by atoms with Crippen molar-refractivity contribution in [1.29, 1.82) is 0 Å². The van der Waals surface area contributed by atoms with Gasteiger partial charge in [-0.1, -0.05) is 23.7 Å². The van der Waals surface area contributed by atoms with Gasteiger partial charge in [0.2, 0.25) is 0 Å². The molecule has 0 aliphatic heterocycles. The Bertz CT molecular complexity index is 666. The van der Waals surface area contributed by atoms with Gasteiger partial charge in [-0.15, -0.1) is 0 Å². The van der Waals surface area contributed by atoms with E-state index in [9.17, 15) is 4.79 Å². The number of aromatic nitrogens is 2. The third-order valence-electron chi connectivity index (χ3n) is 2.77. The van der Waals surface area contributed by atoms with Crippen molar-refractivity contribution in [1.82, 2.24) is 20.2 Å². The third-order valence-corrected chi connectivity index (χ3v) is 2.99. The normalized spacial score (nSPS) is 11.2. The number of hydrogen-bond acceptors (Lipinski definition) is 3. The molecule has 0 saturated carbocycles. The highest BCUT2D eigenvalue weighted by molar-refractivity contribution is 6.29. The molecule has 2 aromatic rings. The fraction of sp³-hybridized carbons (Fsp3) is 0.214. The number of carbonyl (C=O) groups is 1. The van der Waals surface area contributed by atoms with E-state index >= 15 is 0 Å². The molecule has 7 heteroatoms. The number of carbonyl (C=O) groups excluding carboxylic acids is 1. The van der Waals surface area contributed by atoms with E-state index in [2.05, 4.69) is 20.6 Å². The average Bonchev–Trinajstić information content (AvgIpc) is 2.51. The first kappa shape index (κ1) is 15.1. The molecule has 0 spiro atoms. The van der Waals surface area contributed by atoms with Gasteiger partial charge in [-0.05, 0) is 23.8 Å². The summed E-state index contributed by atoms with van der Waals surface area (Å²) >= 11 is 5.78. The number of nitrogens with zero attached hydrogens (tertiary/aromatic N) is 3. The number of rotatable bonds is 4. The Morgan fingerprint density at radius 2 is 2.24 bits per heavy atom. The number of hydrogen-bond donors (Lipinski definition) is 2. The quantitative estimate of drug-likeness (QED) is 0.838. The zero-order valence-electron chi connectivity index (χ0n) is 11.6. The molecule has 2 aromatic heterocycles. The van der Waals surface area contributed by atoms with Gasteiger partial charge < -0.3 is 15.2 Å². The van der Waals surface area contributed by atoms with E-state index in [4.69, 9.17) is 11.6 Å². The predicted molar refractivity (Wildman–Crippen MR) is 80.8 cm³/mol. The topological polar surface area (TPSA) is 71.3 Å². The molecule has 110 valence electrons. The standard InChI is InChI=1S/C14H16ClN5O/c1-16-14(21)19-10-18-13-4-2-3-7-20(13)9-11-5-6-12(15)17-8-11/h2-8H,9-10H2,1H3,(H2,16,19,21). The maximum absolute atomic E-state index is 11.1. The molecule has 2 N–H and O–H groups in total. The van der Waals surface area contributed by atoms with Crippen LogP contribution >= 0.6 is 11.6 Å². The highest BCUT2D eigenvalue weighted by atomic mass is 35.5. The monoisotopic (exact) mass is 305 g/mol. The van der Waals surface area contributed by atoms with E-state index in [0.717, 1.165) is 11.1 Å². The van der Waals surface area contributed by atoms with Crippen molar-refractivity contribution in [3.8, 4) is 0 Å². The van der Waals surface area contributed by atoms with Gasteiger partial charge in [0.25, 0.3) is 0 Å². The maximum Gasteiger partial charge on any atom is 0.315 e. The lowest BCUT2D eigenvalue weighted by molar-refractivity contribution is 0.243. The number of urea groups is 1. The van der Waals surface area contributed by atoms with Crippen LogP contribution in [-0.4, -0.2) is 29.3 Å². The van der Waals surface area contributed by atoms with E-state index < -0.39 is 0 Å². The van der Waals surface area contributed by atoms with E-state index in [1.807, 2.05) is 35.0 Å². The van der Waals surface area contributed by atoms with E-state index in [1.165, 1.54) is 0 Å². The van der Waals surface area contributed by atoms with E-state index in [0.29, 0.717) is 11.7 Å². The highest BCUT2D eigenvalue weighted by Crippen LogP contribution is 2.05. The van der Waals surface area contributed by atoms with Crippen LogP contribution < -0.4 is 16.1 Å². The van der Waals surface area contributed by atoms with Crippen molar-refractivity contribution in [2.45, 2.75) is 6.54 Å². The molecule has 6 nitrogen and oxygen atoms in total. The summed E-state index contributed by atoms with van der Waals surface area (Å²) in [6.07, 6.45) is 3.65. The molecule has 0 aliphatic rings. The van der Waals surface area contributed by atoms with Gasteiger partial charge in [-0.25, -0.2) is 14.8 Å². The van der Waals surface area contributed by atoms with Crippen molar-refractivity contribution < 1.29 is 4.79 Å². The fourth-order valence-corrected chi connectivity index (χ4v) is 1.83. The Morgan fingerprint density at radius 1 is 1.38 bits per heavy atom. The molecular formula is C14H16ClN5O. The molecular weight excluding hydrogens is 290 g/mol. The summed E-state index contributed by atoms with van der Waals surface area (Å²) in [4.78, 5) is 19.5. The summed E-state index contributed by atoms with van der Waals surface area (Å²) in [5.74, 6) is 0. The zero-order chi connectivity index (χ0) is 15.1. The lowest BCUT2D eigenvalue weighted by atomic mass is 10.3. The highest BCUT2D eigenvalue weighted by Gasteiger charge is 1.98. The minimum Gasteiger partial charge on any atom is -0.341 e. The Hall–Kier alpha value is -2.34. The summed E-state index contributed by atoms with van der Waals surface area (Å²) in [6.45, 7) is 0.840. The van der Waals surface area contributed by atoms with Gasteiger partial charge in [0, 0.05) is 19.4 Å². The van der Waals surface area contributed by atoms with Crippen LogP contribution in [-0.2, 0) is 6.54 Å². The van der Waals surface area contributed by atoms with Crippen LogP contribution in [0.5, 0.6) is 0 Å². The second kappa shape index (κ2) is 7.44. The van der Waals surface area contributed by atoms with Crippen molar-refractivity contribution in [2.75, 3.05) is 13.7 Å². The molecule has 0 aromatic carbocycles. The molecule has 0 atom stereocenters. The number of halogens is 1. The number of pyridine rings is 2. The molecule has 2 rings (SSSR count).